The number of halogens is 5. The number of aryl methyl sites for hydroxylation is 1. The number of aliphatic hydroxyl groups is 1. The molecule has 2 aliphatic carbocycles. The monoisotopic (exact) mass is 812 g/mol. The van der Waals surface area contributed by atoms with Crippen molar-refractivity contribution in [2.24, 2.45) is 13.0 Å². The Kier molecular flexibility index (Phi) is 9.62. The van der Waals surface area contributed by atoms with Gasteiger partial charge in [0.05, 0.1) is 33.9 Å². The van der Waals surface area contributed by atoms with Gasteiger partial charge in [-0.05, 0) is 74.4 Å². The van der Waals surface area contributed by atoms with Crippen LogP contribution in [-0.2, 0) is 40.8 Å². The van der Waals surface area contributed by atoms with Crippen molar-refractivity contribution >= 4 is 50.1 Å². The van der Waals surface area contributed by atoms with Crippen molar-refractivity contribution in [2.75, 3.05) is 30.0 Å². The minimum atomic E-state index is -3.79. The average molecular weight is 813 g/mol. The second-order valence-corrected chi connectivity index (χ2v) is 17.1. The van der Waals surface area contributed by atoms with E-state index in [2.05, 4.69) is 32.1 Å². The van der Waals surface area contributed by atoms with Crippen LogP contribution in [0, 0.1) is 29.4 Å². The molecule has 3 heterocycles. The number of hydrogen-bond donors (Lipinski definition) is 3. The molecule has 0 unspecified atom stereocenters. The number of alkyl halides is 2. The number of pyridine rings is 1. The average Bonchev–Trinajstić information content (AvgIpc) is 3.62. The molecule has 18 heteroatoms. The van der Waals surface area contributed by atoms with Crippen molar-refractivity contribution in [3.05, 3.63) is 87.3 Å². The van der Waals surface area contributed by atoms with Crippen molar-refractivity contribution in [2.45, 2.75) is 56.7 Å². The van der Waals surface area contributed by atoms with E-state index >= 15 is 8.78 Å². The highest BCUT2D eigenvalue weighted by Crippen LogP contribution is 2.68. The maximum absolute atomic E-state index is 15.6. The van der Waals surface area contributed by atoms with E-state index in [1.165, 1.54) is 24.6 Å². The lowest BCUT2D eigenvalue weighted by Gasteiger charge is -2.23. The van der Waals surface area contributed by atoms with Gasteiger partial charge < -0.3 is 15.3 Å². The molecule has 56 heavy (non-hydrogen) atoms. The topological polar surface area (TPSA) is 147 Å². The van der Waals surface area contributed by atoms with Gasteiger partial charge in [0.2, 0.25) is 15.9 Å². The van der Waals surface area contributed by atoms with E-state index in [0.717, 1.165) is 23.1 Å². The Morgan fingerprint density at radius 3 is 2.45 bits per heavy atom. The molecule has 12 nitrogen and oxygen atoms in total. The van der Waals surface area contributed by atoms with Gasteiger partial charge in [-0.25, -0.2) is 22.2 Å². The number of amides is 1. The Hall–Kier alpha value is -5.18. The number of fused-ring (bicyclic) bond motifs is 4. The zero-order valence-corrected chi connectivity index (χ0v) is 32.6. The van der Waals surface area contributed by atoms with E-state index in [-0.39, 0.29) is 51.2 Å². The molecule has 5 aromatic rings. The highest BCUT2D eigenvalue weighted by atomic mass is 35.5. The molecule has 1 saturated carbocycles. The summed E-state index contributed by atoms with van der Waals surface area (Å²) in [5, 5.41) is 22.4. The first-order chi connectivity index (χ1) is 26.1. The number of sulfonamides is 1. The second kappa shape index (κ2) is 13.8. The van der Waals surface area contributed by atoms with E-state index in [4.69, 9.17) is 16.6 Å². The van der Waals surface area contributed by atoms with Gasteiger partial charge in [-0.3, -0.25) is 18.9 Å². The Morgan fingerprint density at radius 1 is 1.12 bits per heavy atom. The van der Waals surface area contributed by atoms with Crippen LogP contribution in [0.3, 0.4) is 0 Å². The van der Waals surface area contributed by atoms with E-state index in [1.54, 1.807) is 44.2 Å². The van der Waals surface area contributed by atoms with Crippen LogP contribution in [0.1, 0.15) is 60.4 Å². The normalized spacial score (nSPS) is 17.5. The zero-order valence-electron chi connectivity index (χ0n) is 31.0. The fourth-order valence-corrected chi connectivity index (χ4v) is 8.08. The molecule has 3 N–H and O–H groups in total. The summed E-state index contributed by atoms with van der Waals surface area (Å²) < 4.78 is 89.7. The van der Waals surface area contributed by atoms with Crippen LogP contribution in [-0.4, -0.2) is 69.9 Å². The van der Waals surface area contributed by atoms with E-state index < -0.39 is 57.6 Å². The second-order valence-electron chi connectivity index (χ2n) is 14.9. The highest BCUT2D eigenvalue weighted by Gasteiger charge is 2.67. The number of rotatable bonds is 10. The van der Waals surface area contributed by atoms with Gasteiger partial charge in [0, 0.05) is 49.8 Å². The van der Waals surface area contributed by atoms with Gasteiger partial charge in [0.1, 0.15) is 35.2 Å². The van der Waals surface area contributed by atoms with Crippen LogP contribution < -0.4 is 14.9 Å². The molecular weight excluding hydrogens is 776 g/mol. The number of nitrogens with zero attached hydrogens (tertiary/aromatic N) is 6. The minimum Gasteiger partial charge on any atom is -0.378 e. The van der Waals surface area contributed by atoms with E-state index in [0.29, 0.717) is 40.5 Å². The lowest BCUT2D eigenvalue weighted by atomic mass is 9.93. The zero-order chi connectivity index (χ0) is 40.6. The lowest BCUT2D eigenvalue weighted by Crippen LogP contribution is -2.35. The third-order valence-electron chi connectivity index (χ3n) is 9.59. The van der Waals surface area contributed by atoms with Crippen LogP contribution >= 0.6 is 11.6 Å². The number of aromatic nitrogens is 5. The number of carbonyl (C=O) groups is 1. The fourth-order valence-electron chi connectivity index (χ4n) is 7.35. The molecular formula is C38H37ClF4N8O4S. The smallest absolute Gasteiger partial charge is 0.293 e. The Labute approximate surface area is 324 Å². The number of benzene rings is 2. The summed E-state index contributed by atoms with van der Waals surface area (Å²) in [6.45, 7) is 2.35. The van der Waals surface area contributed by atoms with Gasteiger partial charge in [0.25, 0.3) is 5.92 Å². The van der Waals surface area contributed by atoms with Crippen LogP contribution in [0.25, 0.3) is 22.0 Å². The summed E-state index contributed by atoms with van der Waals surface area (Å²) in [5.74, 6) is -1.09. The van der Waals surface area contributed by atoms with Gasteiger partial charge in [-0.1, -0.05) is 23.6 Å². The predicted molar refractivity (Wildman–Crippen MR) is 203 cm³/mol. The molecule has 1 fully saturated rings. The molecule has 0 bridgehead atoms. The van der Waals surface area contributed by atoms with Crippen LogP contribution in [0.2, 0.25) is 5.02 Å². The number of anilines is 2. The first-order valence-electron chi connectivity index (χ1n) is 17.4. The molecule has 294 valence electrons. The summed E-state index contributed by atoms with van der Waals surface area (Å²) >= 11 is 6.61. The number of nitrogens with one attached hydrogen (secondary N) is 2. The molecule has 7 rings (SSSR count). The van der Waals surface area contributed by atoms with E-state index in [1.807, 2.05) is 0 Å². The Balaban J connectivity index is 1.39. The molecule has 2 aromatic carbocycles. The van der Waals surface area contributed by atoms with Gasteiger partial charge >= 0.3 is 0 Å². The van der Waals surface area contributed by atoms with Gasteiger partial charge in [-0.15, -0.1) is 0 Å². The predicted octanol–water partition coefficient (Wildman–Crippen LogP) is 5.63. The minimum absolute atomic E-state index is 0.0441. The molecule has 0 saturated heterocycles. The first-order valence-corrected chi connectivity index (χ1v) is 19.7. The standard InChI is InChI=1S/C38H37ClF4N8O4S/c1-37(2,53)12-11-22-7-8-23(24-9-10-27(39)31-33(24)50(5)46-35(31)48-56(6,54)55)32(44-22)28(15-19-13-20(40)16-21(41)14-19)45-29(52)18-51-34-30(36(47-51)49(3)4)25-17-26(25)38(34,42)43/h7-10,13-14,16,25-26,28,53H,15,17-18H2,1-6H3,(H,45,52)(H,46,48)/t25-,26+,28-/m0/s1. The largest absolute Gasteiger partial charge is 0.378 e. The summed E-state index contributed by atoms with van der Waals surface area (Å²) in [5.41, 5.74) is 0.272. The van der Waals surface area contributed by atoms with E-state index in [9.17, 15) is 27.1 Å². The number of hydrogen-bond acceptors (Lipinski definition) is 8. The number of carbonyl (C=O) groups excluding carboxylic acids is 1. The lowest BCUT2D eigenvalue weighted by molar-refractivity contribution is -0.122. The maximum atomic E-state index is 15.6. The summed E-state index contributed by atoms with van der Waals surface area (Å²) in [6.07, 6.45) is 1.06. The molecule has 3 aromatic heterocycles. The molecule has 3 atom stereocenters. The third kappa shape index (κ3) is 7.52. The fraction of sp³-hybridized carbons (Fsp3) is 0.368. The molecule has 0 radical (unpaired) electrons. The third-order valence-corrected chi connectivity index (χ3v) is 10.5. The quantitative estimate of drug-likeness (QED) is 0.122. The summed E-state index contributed by atoms with van der Waals surface area (Å²) in [4.78, 5) is 20.5. The molecule has 2 aliphatic rings. The summed E-state index contributed by atoms with van der Waals surface area (Å²) in [7, 11) is 1.16. The maximum Gasteiger partial charge on any atom is 0.293 e. The highest BCUT2D eigenvalue weighted by molar-refractivity contribution is 7.92. The van der Waals surface area contributed by atoms with Crippen molar-refractivity contribution < 1.29 is 35.9 Å². The van der Waals surface area contributed by atoms with Crippen LogP contribution in [0.5, 0.6) is 0 Å². The van der Waals surface area contributed by atoms with Crippen molar-refractivity contribution in [1.29, 1.82) is 0 Å². The Bertz CT molecular complexity index is 2590. The summed E-state index contributed by atoms with van der Waals surface area (Å²) in [6, 6.07) is 8.09. The molecule has 0 aliphatic heterocycles. The first kappa shape index (κ1) is 39.1. The van der Waals surface area contributed by atoms with Crippen LogP contribution in [0.15, 0.2) is 42.5 Å². The van der Waals surface area contributed by atoms with Crippen molar-refractivity contribution in [1.82, 2.24) is 29.9 Å². The molecule has 1 amide bonds. The molecule has 0 spiro atoms. The van der Waals surface area contributed by atoms with Crippen molar-refractivity contribution in [3.8, 4) is 23.0 Å². The Morgan fingerprint density at radius 2 is 1.80 bits per heavy atom. The van der Waals surface area contributed by atoms with Gasteiger partial charge in [-0.2, -0.15) is 19.0 Å². The SMILES string of the molecule is CN(C)c1nn(CC(=O)N[C@@H](Cc2cc(F)cc(F)c2)c2nc(C#CC(C)(C)O)ccc2-c2ccc(Cl)c3c(NS(C)(=O)=O)nn(C)c23)c2c1[C@H]1C[C@H]1C2(F)F. The van der Waals surface area contributed by atoms with Crippen LogP contribution in [0.4, 0.5) is 29.2 Å². The van der Waals surface area contributed by atoms with Gasteiger partial charge in [0.15, 0.2) is 11.6 Å². The van der Waals surface area contributed by atoms with Crippen molar-refractivity contribution in [3.63, 3.8) is 0 Å².